The molecule has 1 aromatic carbocycles. The molecule has 1 unspecified atom stereocenters. The molecule has 19 heavy (non-hydrogen) atoms. The molecule has 0 amide bonds. The number of furan rings is 1. The molecular weight excluding hydrogens is 334 g/mol. The molecule has 0 saturated carbocycles. The molecule has 4 nitrogen and oxygen atoms in total. The molecule has 1 heterocycles. The van der Waals surface area contributed by atoms with Gasteiger partial charge in [0.1, 0.15) is 21.7 Å². The Morgan fingerprint density at radius 2 is 1.95 bits per heavy atom. The summed E-state index contributed by atoms with van der Waals surface area (Å²) in [6, 6.07) is 6.58. The molecule has 6 heteroatoms. The number of ether oxygens (including phenoxy) is 2. The Bertz CT molecular complexity index is 585. The molecule has 0 saturated heterocycles. The summed E-state index contributed by atoms with van der Waals surface area (Å²) in [7, 11) is 3.16. The first kappa shape index (κ1) is 14.2. The van der Waals surface area contributed by atoms with Gasteiger partial charge in [-0.05, 0) is 51.8 Å². The van der Waals surface area contributed by atoms with Crippen LogP contribution in [-0.2, 0) is 0 Å². The lowest BCUT2D eigenvalue weighted by molar-refractivity contribution is 0.382. The van der Waals surface area contributed by atoms with E-state index in [1.54, 1.807) is 26.4 Å². The Hall–Kier alpha value is -1.17. The van der Waals surface area contributed by atoms with Crippen LogP contribution < -0.4 is 15.2 Å². The van der Waals surface area contributed by atoms with Crippen LogP contribution in [0.1, 0.15) is 17.4 Å². The maximum Gasteiger partial charge on any atom is 0.193 e. The highest BCUT2D eigenvalue weighted by Crippen LogP contribution is 2.40. The highest BCUT2D eigenvalue weighted by atomic mass is 79.9. The minimum atomic E-state index is -0.468. The molecule has 0 aliphatic heterocycles. The van der Waals surface area contributed by atoms with Gasteiger partial charge in [-0.2, -0.15) is 0 Å². The van der Waals surface area contributed by atoms with Crippen LogP contribution in [0.15, 0.2) is 33.2 Å². The number of hydrogen-bond acceptors (Lipinski definition) is 4. The summed E-state index contributed by atoms with van der Waals surface area (Å²) in [5, 5.41) is 0.303. The van der Waals surface area contributed by atoms with E-state index >= 15 is 0 Å². The fourth-order valence-electron chi connectivity index (χ4n) is 1.81. The number of halogens is 2. The molecule has 0 aliphatic carbocycles. The number of rotatable bonds is 4. The van der Waals surface area contributed by atoms with Crippen molar-refractivity contribution in [2.75, 3.05) is 14.2 Å². The van der Waals surface area contributed by atoms with E-state index in [1.807, 2.05) is 12.1 Å². The van der Waals surface area contributed by atoms with Crippen LogP contribution in [0.25, 0.3) is 0 Å². The number of benzene rings is 1. The topological polar surface area (TPSA) is 57.6 Å². The van der Waals surface area contributed by atoms with E-state index in [-0.39, 0.29) is 0 Å². The van der Waals surface area contributed by atoms with Gasteiger partial charge in [-0.3, -0.25) is 0 Å². The van der Waals surface area contributed by atoms with Crippen LogP contribution in [0.3, 0.4) is 0 Å². The van der Waals surface area contributed by atoms with Gasteiger partial charge in [-0.15, -0.1) is 0 Å². The van der Waals surface area contributed by atoms with Gasteiger partial charge in [0, 0.05) is 5.56 Å². The zero-order chi connectivity index (χ0) is 14.0. The van der Waals surface area contributed by atoms with Crippen molar-refractivity contribution >= 4 is 27.5 Å². The van der Waals surface area contributed by atoms with E-state index in [0.29, 0.717) is 27.0 Å². The molecule has 0 radical (unpaired) electrons. The molecule has 0 spiro atoms. The summed E-state index contributed by atoms with van der Waals surface area (Å²) in [6.07, 6.45) is 0. The Balaban J connectivity index is 2.47. The van der Waals surface area contributed by atoms with Crippen LogP contribution >= 0.6 is 27.5 Å². The summed E-state index contributed by atoms with van der Waals surface area (Å²) >= 11 is 9.20. The SMILES string of the molecule is COc1ccc(C(N)c2ccc(Cl)o2)c(OC)c1Br. The van der Waals surface area contributed by atoms with Crippen LogP contribution in [0.4, 0.5) is 0 Å². The van der Waals surface area contributed by atoms with Crippen molar-refractivity contribution in [1.82, 2.24) is 0 Å². The third-order valence-corrected chi connectivity index (χ3v) is 3.71. The van der Waals surface area contributed by atoms with Crippen molar-refractivity contribution in [2.45, 2.75) is 6.04 Å². The number of hydrogen-bond donors (Lipinski definition) is 1. The standard InChI is InChI=1S/C13H13BrClNO3/c1-17-8-4-3-7(13(18-2)11(8)14)12(16)9-5-6-10(15)19-9/h3-6,12H,16H2,1-2H3. The maximum absolute atomic E-state index is 6.17. The molecular formula is C13H13BrClNO3. The summed E-state index contributed by atoms with van der Waals surface area (Å²) in [5.74, 6) is 1.85. The fraction of sp³-hybridized carbons (Fsp3) is 0.231. The molecule has 2 rings (SSSR count). The highest BCUT2D eigenvalue weighted by molar-refractivity contribution is 9.10. The van der Waals surface area contributed by atoms with Crippen molar-refractivity contribution in [3.63, 3.8) is 0 Å². The van der Waals surface area contributed by atoms with E-state index in [2.05, 4.69) is 15.9 Å². The molecule has 1 atom stereocenters. The summed E-state index contributed by atoms with van der Waals surface area (Å²) in [5.41, 5.74) is 6.95. The van der Waals surface area contributed by atoms with E-state index in [0.717, 1.165) is 5.56 Å². The third kappa shape index (κ3) is 2.73. The highest BCUT2D eigenvalue weighted by Gasteiger charge is 2.21. The van der Waals surface area contributed by atoms with Gasteiger partial charge >= 0.3 is 0 Å². The predicted molar refractivity (Wildman–Crippen MR) is 77.0 cm³/mol. The van der Waals surface area contributed by atoms with Gasteiger partial charge in [0.05, 0.1) is 20.3 Å². The lowest BCUT2D eigenvalue weighted by Gasteiger charge is -2.17. The van der Waals surface area contributed by atoms with Gasteiger partial charge in [0.25, 0.3) is 0 Å². The van der Waals surface area contributed by atoms with Gasteiger partial charge in [0.2, 0.25) is 0 Å². The molecule has 2 N–H and O–H groups in total. The molecule has 0 fully saturated rings. The largest absolute Gasteiger partial charge is 0.495 e. The van der Waals surface area contributed by atoms with Crippen LogP contribution in [-0.4, -0.2) is 14.2 Å². The zero-order valence-corrected chi connectivity index (χ0v) is 12.8. The second kappa shape index (κ2) is 5.86. The van der Waals surface area contributed by atoms with Gasteiger partial charge in [-0.1, -0.05) is 0 Å². The molecule has 2 aromatic rings. The lowest BCUT2D eigenvalue weighted by atomic mass is 10.0. The smallest absolute Gasteiger partial charge is 0.193 e. The van der Waals surface area contributed by atoms with Crippen molar-refractivity contribution in [3.8, 4) is 11.5 Å². The van der Waals surface area contributed by atoms with E-state index in [1.165, 1.54) is 0 Å². The average Bonchev–Trinajstić information content (AvgIpc) is 2.84. The molecule has 102 valence electrons. The normalized spacial score (nSPS) is 12.3. The Labute approximate surface area is 124 Å². The van der Waals surface area contributed by atoms with Crippen molar-refractivity contribution in [1.29, 1.82) is 0 Å². The fourth-order valence-corrected chi connectivity index (χ4v) is 2.65. The number of methoxy groups -OCH3 is 2. The second-order valence-electron chi connectivity index (χ2n) is 3.82. The average molecular weight is 347 g/mol. The molecule has 1 aromatic heterocycles. The maximum atomic E-state index is 6.17. The van der Waals surface area contributed by atoms with Crippen molar-refractivity contribution in [3.05, 3.63) is 45.3 Å². The van der Waals surface area contributed by atoms with Gasteiger partial charge in [0.15, 0.2) is 5.22 Å². The van der Waals surface area contributed by atoms with Crippen molar-refractivity contribution < 1.29 is 13.9 Å². The first-order valence-electron chi connectivity index (χ1n) is 5.49. The lowest BCUT2D eigenvalue weighted by Crippen LogP contribution is -2.12. The van der Waals surface area contributed by atoms with E-state index < -0.39 is 6.04 Å². The molecule has 0 aliphatic rings. The first-order valence-corrected chi connectivity index (χ1v) is 6.66. The third-order valence-electron chi connectivity index (χ3n) is 2.75. The quantitative estimate of drug-likeness (QED) is 0.916. The summed E-state index contributed by atoms with van der Waals surface area (Å²) in [4.78, 5) is 0. The van der Waals surface area contributed by atoms with E-state index in [9.17, 15) is 0 Å². The minimum Gasteiger partial charge on any atom is -0.495 e. The van der Waals surface area contributed by atoms with Crippen LogP contribution in [0.5, 0.6) is 11.5 Å². The Kier molecular flexibility index (Phi) is 4.39. The summed E-state index contributed by atoms with van der Waals surface area (Å²) < 4.78 is 16.7. The van der Waals surface area contributed by atoms with Crippen molar-refractivity contribution in [2.24, 2.45) is 5.73 Å². The van der Waals surface area contributed by atoms with Gasteiger partial charge in [-0.25, -0.2) is 0 Å². The van der Waals surface area contributed by atoms with Crippen LogP contribution in [0.2, 0.25) is 5.22 Å². The summed E-state index contributed by atoms with van der Waals surface area (Å²) in [6.45, 7) is 0. The zero-order valence-electron chi connectivity index (χ0n) is 10.4. The number of nitrogens with two attached hydrogens (primary N) is 1. The second-order valence-corrected chi connectivity index (χ2v) is 4.99. The first-order chi connectivity index (χ1) is 9.08. The van der Waals surface area contributed by atoms with E-state index in [4.69, 9.17) is 31.2 Å². The van der Waals surface area contributed by atoms with Gasteiger partial charge < -0.3 is 19.6 Å². The predicted octanol–water partition coefficient (Wildman–Crippen LogP) is 3.76. The molecule has 0 bridgehead atoms. The Morgan fingerprint density at radius 3 is 2.47 bits per heavy atom. The monoisotopic (exact) mass is 345 g/mol. The van der Waals surface area contributed by atoms with Crippen LogP contribution in [0, 0.1) is 0 Å². The Morgan fingerprint density at radius 1 is 1.21 bits per heavy atom. The minimum absolute atomic E-state index is 0.303.